The number of phenols is 1. The summed E-state index contributed by atoms with van der Waals surface area (Å²) in [7, 11) is -3.02. The minimum absolute atomic E-state index is 0.0868. The van der Waals surface area contributed by atoms with E-state index in [4.69, 9.17) is 0 Å². The summed E-state index contributed by atoms with van der Waals surface area (Å²) in [6, 6.07) is 10.4. The maximum atomic E-state index is 12.5. The summed E-state index contributed by atoms with van der Waals surface area (Å²) in [5.74, 6) is -0.392. The molecule has 1 saturated heterocycles. The van der Waals surface area contributed by atoms with Crippen LogP contribution in [0.15, 0.2) is 41.5 Å². The zero-order valence-electron chi connectivity index (χ0n) is 16.7. The number of hydrazone groups is 1. The SMILES string of the molecule is Cc1nn([C@@H]2CCS(=O)(=O)C2)c(C)c1/C=N\NC(=O)c1cc2ccccc2cc1O. The van der Waals surface area contributed by atoms with E-state index in [1.165, 1.54) is 6.21 Å². The number of hydrogen-bond donors (Lipinski definition) is 2. The smallest absolute Gasteiger partial charge is 0.275 e. The molecule has 9 heteroatoms. The number of carbonyl (C=O) groups is 1. The van der Waals surface area contributed by atoms with Crippen LogP contribution in [0.5, 0.6) is 5.75 Å². The number of carbonyl (C=O) groups excluding carboxylic acids is 1. The molecule has 0 unspecified atom stereocenters. The summed E-state index contributed by atoms with van der Waals surface area (Å²) in [5, 5.41) is 20.3. The van der Waals surface area contributed by atoms with Crippen molar-refractivity contribution in [3.63, 3.8) is 0 Å². The molecule has 1 atom stereocenters. The number of amides is 1. The van der Waals surface area contributed by atoms with Crippen LogP contribution in [-0.4, -0.2) is 46.9 Å². The number of nitrogens with zero attached hydrogens (tertiary/aromatic N) is 3. The van der Waals surface area contributed by atoms with Gasteiger partial charge in [0.1, 0.15) is 5.75 Å². The lowest BCUT2D eigenvalue weighted by Gasteiger charge is -2.10. The highest BCUT2D eigenvalue weighted by Gasteiger charge is 2.31. The van der Waals surface area contributed by atoms with Crippen molar-refractivity contribution in [2.75, 3.05) is 11.5 Å². The van der Waals surface area contributed by atoms with E-state index in [9.17, 15) is 18.3 Å². The lowest BCUT2D eigenvalue weighted by molar-refractivity contribution is 0.0952. The number of hydrogen-bond acceptors (Lipinski definition) is 6. The number of sulfone groups is 1. The Bertz CT molecular complexity index is 1280. The fourth-order valence-electron chi connectivity index (χ4n) is 3.81. The highest BCUT2D eigenvalue weighted by atomic mass is 32.2. The van der Waals surface area contributed by atoms with Crippen LogP contribution >= 0.6 is 0 Å². The van der Waals surface area contributed by atoms with Gasteiger partial charge < -0.3 is 5.11 Å². The van der Waals surface area contributed by atoms with Gasteiger partial charge in [-0.1, -0.05) is 24.3 Å². The van der Waals surface area contributed by atoms with Crippen molar-refractivity contribution in [1.29, 1.82) is 0 Å². The third kappa shape index (κ3) is 3.80. The summed E-state index contributed by atoms with van der Waals surface area (Å²) in [6.45, 7) is 3.66. The Morgan fingerprint density at radius 3 is 2.63 bits per heavy atom. The number of rotatable bonds is 4. The lowest BCUT2D eigenvalue weighted by Crippen LogP contribution is -2.18. The monoisotopic (exact) mass is 426 g/mol. The number of fused-ring (bicyclic) bond motifs is 1. The molecule has 1 amide bonds. The second-order valence-corrected chi connectivity index (χ2v) is 9.73. The van der Waals surface area contributed by atoms with Crippen molar-refractivity contribution in [1.82, 2.24) is 15.2 Å². The maximum absolute atomic E-state index is 12.5. The Morgan fingerprint density at radius 1 is 1.27 bits per heavy atom. The van der Waals surface area contributed by atoms with E-state index in [-0.39, 0.29) is 28.9 Å². The zero-order chi connectivity index (χ0) is 21.5. The Hall–Kier alpha value is -3.20. The molecule has 0 saturated carbocycles. The summed E-state index contributed by atoms with van der Waals surface area (Å²) in [5.41, 5.74) is 4.78. The molecule has 3 aromatic rings. The first-order valence-corrected chi connectivity index (χ1v) is 11.4. The van der Waals surface area contributed by atoms with Crippen molar-refractivity contribution in [2.24, 2.45) is 5.10 Å². The van der Waals surface area contributed by atoms with Gasteiger partial charge in [0.2, 0.25) is 0 Å². The van der Waals surface area contributed by atoms with E-state index in [0.717, 1.165) is 22.0 Å². The molecule has 4 rings (SSSR count). The van der Waals surface area contributed by atoms with Gasteiger partial charge in [-0.2, -0.15) is 10.2 Å². The molecular weight excluding hydrogens is 404 g/mol. The third-order valence-electron chi connectivity index (χ3n) is 5.40. The molecule has 2 N–H and O–H groups in total. The lowest BCUT2D eigenvalue weighted by atomic mass is 10.1. The van der Waals surface area contributed by atoms with Crippen molar-refractivity contribution >= 4 is 32.7 Å². The predicted molar refractivity (Wildman–Crippen MR) is 115 cm³/mol. The fourth-order valence-corrected chi connectivity index (χ4v) is 5.50. The van der Waals surface area contributed by atoms with Crippen LogP contribution in [0.25, 0.3) is 10.8 Å². The topological polar surface area (TPSA) is 114 Å². The van der Waals surface area contributed by atoms with E-state index < -0.39 is 15.7 Å². The second kappa shape index (κ2) is 7.56. The maximum Gasteiger partial charge on any atom is 0.275 e. The average Bonchev–Trinajstić information content (AvgIpc) is 3.20. The van der Waals surface area contributed by atoms with Crippen LogP contribution in [0.2, 0.25) is 0 Å². The van der Waals surface area contributed by atoms with Gasteiger partial charge in [-0.25, -0.2) is 13.8 Å². The van der Waals surface area contributed by atoms with Crippen molar-refractivity contribution in [3.8, 4) is 5.75 Å². The Morgan fingerprint density at radius 2 is 1.97 bits per heavy atom. The first kappa shape index (κ1) is 20.1. The molecule has 30 heavy (non-hydrogen) atoms. The summed E-state index contributed by atoms with van der Waals surface area (Å²) in [4.78, 5) is 12.5. The van der Waals surface area contributed by atoms with Gasteiger partial charge in [0.25, 0.3) is 5.91 Å². The molecule has 2 aromatic carbocycles. The van der Waals surface area contributed by atoms with Crippen molar-refractivity contribution < 1.29 is 18.3 Å². The van der Waals surface area contributed by atoms with Gasteiger partial charge in [-0.05, 0) is 43.2 Å². The largest absolute Gasteiger partial charge is 0.507 e. The van der Waals surface area contributed by atoms with Crippen molar-refractivity contribution in [2.45, 2.75) is 26.3 Å². The molecule has 1 aliphatic heterocycles. The summed E-state index contributed by atoms with van der Waals surface area (Å²) >= 11 is 0. The first-order valence-electron chi connectivity index (χ1n) is 9.56. The van der Waals surface area contributed by atoms with Crippen LogP contribution < -0.4 is 5.43 Å². The molecule has 0 radical (unpaired) electrons. The Labute approximate surface area is 174 Å². The molecule has 1 fully saturated rings. The normalized spacial score (nSPS) is 18.3. The van der Waals surface area contributed by atoms with Crippen LogP contribution in [0, 0.1) is 13.8 Å². The molecule has 1 aromatic heterocycles. The molecule has 0 aliphatic carbocycles. The second-order valence-electron chi connectivity index (χ2n) is 7.50. The third-order valence-corrected chi connectivity index (χ3v) is 7.15. The van der Waals surface area contributed by atoms with Crippen LogP contribution in [0.3, 0.4) is 0 Å². The minimum atomic E-state index is -3.02. The van der Waals surface area contributed by atoms with Gasteiger partial charge in [0, 0.05) is 11.3 Å². The summed E-state index contributed by atoms with van der Waals surface area (Å²) in [6.07, 6.45) is 2.03. The van der Waals surface area contributed by atoms with Crippen LogP contribution in [0.1, 0.15) is 39.8 Å². The van der Waals surface area contributed by atoms with Gasteiger partial charge in [0.05, 0.1) is 35.0 Å². The zero-order valence-corrected chi connectivity index (χ0v) is 17.5. The number of aromatic nitrogens is 2. The molecule has 1 aliphatic rings. The molecule has 0 spiro atoms. The van der Waals surface area contributed by atoms with Gasteiger partial charge >= 0.3 is 0 Å². The molecule has 0 bridgehead atoms. The highest BCUT2D eigenvalue weighted by Crippen LogP contribution is 2.27. The van der Waals surface area contributed by atoms with Crippen LogP contribution in [0.4, 0.5) is 0 Å². The molecule has 8 nitrogen and oxygen atoms in total. The van der Waals surface area contributed by atoms with Gasteiger partial charge in [-0.3, -0.25) is 9.48 Å². The molecule has 2 heterocycles. The standard InChI is InChI=1S/C21H22N4O4S/c1-13-19(14(2)25(24-13)17-7-8-30(28,29)12-17)11-22-23-21(27)18-9-15-5-3-4-6-16(15)10-20(18)26/h3-6,9-11,17,26H,7-8,12H2,1-2H3,(H,23,27)/b22-11-/t17-/m1/s1. The number of aromatic hydroxyl groups is 1. The van der Waals surface area contributed by atoms with Gasteiger partial charge in [0.15, 0.2) is 9.84 Å². The van der Waals surface area contributed by atoms with E-state index >= 15 is 0 Å². The fraction of sp³-hybridized carbons (Fsp3) is 0.286. The first-order chi connectivity index (χ1) is 14.2. The Kier molecular flexibility index (Phi) is 5.07. The number of aryl methyl sites for hydroxylation is 1. The molecular formula is C21H22N4O4S. The average molecular weight is 426 g/mol. The van der Waals surface area contributed by atoms with Crippen LogP contribution in [-0.2, 0) is 9.84 Å². The number of phenolic OH excluding ortho intramolecular Hbond substituents is 1. The summed E-state index contributed by atoms with van der Waals surface area (Å²) < 4.78 is 25.3. The van der Waals surface area contributed by atoms with E-state index in [1.807, 2.05) is 38.1 Å². The van der Waals surface area contributed by atoms with E-state index in [1.54, 1.807) is 16.8 Å². The highest BCUT2D eigenvalue weighted by molar-refractivity contribution is 7.91. The number of nitrogens with one attached hydrogen (secondary N) is 1. The van der Waals surface area contributed by atoms with Gasteiger partial charge in [-0.15, -0.1) is 0 Å². The quantitative estimate of drug-likeness (QED) is 0.491. The van der Waals surface area contributed by atoms with E-state index in [0.29, 0.717) is 12.1 Å². The predicted octanol–water partition coefficient (Wildman–Crippen LogP) is 2.48. The van der Waals surface area contributed by atoms with Crippen molar-refractivity contribution in [3.05, 3.63) is 58.9 Å². The number of benzene rings is 2. The Balaban J connectivity index is 1.52. The molecule has 156 valence electrons. The minimum Gasteiger partial charge on any atom is -0.507 e. The van der Waals surface area contributed by atoms with E-state index in [2.05, 4.69) is 15.6 Å².